The van der Waals surface area contributed by atoms with E-state index < -0.39 is 0 Å². The Morgan fingerprint density at radius 1 is 1.14 bits per heavy atom. The molecule has 152 valence electrons. The van der Waals surface area contributed by atoms with Gasteiger partial charge in [0.2, 0.25) is 5.91 Å². The minimum atomic E-state index is -0.292. The summed E-state index contributed by atoms with van der Waals surface area (Å²) in [5, 5.41) is 2.72. The zero-order valence-electron chi connectivity index (χ0n) is 16.6. The molecule has 1 saturated heterocycles. The lowest BCUT2D eigenvalue weighted by atomic mass is 10.2. The highest BCUT2D eigenvalue weighted by atomic mass is 16.5. The van der Waals surface area contributed by atoms with E-state index in [2.05, 4.69) is 10.2 Å². The van der Waals surface area contributed by atoms with Crippen LogP contribution in [-0.4, -0.2) is 61.1 Å². The zero-order chi connectivity index (χ0) is 20.4. The summed E-state index contributed by atoms with van der Waals surface area (Å²) in [4.78, 5) is 29.0. The number of carbonyl (C=O) groups excluding carboxylic acids is 2. The van der Waals surface area contributed by atoms with Crippen molar-refractivity contribution in [2.75, 3.05) is 44.7 Å². The molecule has 0 radical (unpaired) electrons. The second kappa shape index (κ2) is 7.90. The van der Waals surface area contributed by atoms with Gasteiger partial charge in [0.15, 0.2) is 5.58 Å². The number of nitrogens with one attached hydrogen (secondary N) is 1. The number of benzene rings is 1. The number of rotatable bonds is 5. The summed E-state index contributed by atoms with van der Waals surface area (Å²) in [6.07, 6.45) is 1.58. The van der Waals surface area contributed by atoms with E-state index in [1.165, 1.54) is 0 Å². The van der Waals surface area contributed by atoms with Crippen LogP contribution in [0, 0.1) is 0 Å². The molecular formula is C21H24N4O4. The number of aromatic nitrogens is 1. The van der Waals surface area contributed by atoms with Crippen molar-refractivity contribution >= 4 is 28.6 Å². The normalized spacial score (nSPS) is 14.3. The van der Waals surface area contributed by atoms with Crippen LogP contribution in [0.4, 0.5) is 5.69 Å². The van der Waals surface area contributed by atoms with Crippen LogP contribution < -0.4 is 15.0 Å². The molecule has 2 aromatic heterocycles. The quantitative estimate of drug-likeness (QED) is 0.712. The van der Waals surface area contributed by atoms with E-state index in [1.54, 1.807) is 42.0 Å². The van der Waals surface area contributed by atoms with Crippen molar-refractivity contribution in [3.05, 3.63) is 48.4 Å². The van der Waals surface area contributed by atoms with Crippen LogP contribution in [0.25, 0.3) is 11.1 Å². The van der Waals surface area contributed by atoms with Crippen molar-refractivity contribution in [2.45, 2.75) is 0 Å². The van der Waals surface area contributed by atoms with E-state index in [0.717, 1.165) is 17.0 Å². The fraction of sp³-hybridized carbons (Fsp3) is 0.333. The molecule has 1 aliphatic rings. The Balaban J connectivity index is 1.31. The molecule has 0 unspecified atom stereocenters. The lowest BCUT2D eigenvalue weighted by molar-refractivity contribution is -0.130. The third kappa shape index (κ3) is 3.65. The average Bonchev–Trinajstić information content (AvgIpc) is 3.35. The van der Waals surface area contributed by atoms with Crippen LogP contribution in [-0.2, 0) is 11.8 Å². The van der Waals surface area contributed by atoms with Crippen LogP contribution in [0.15, 0.2) is 47.1 Å². The highest BCUT2D eigenvalue weighted by molar-refractivity contribution is 5.99. The van der Waals surface area contributed by atoms with Gasteiger partial charge >= 0.3 is 0 Å². The number of piperazine rings is 1. The number of nitrogens with zero attached hydrogens (tertiary/aromatic N) is 3. The summed E-state index contributed by atoms with van der Waals surface area (Å²) in [6.45, 7) is 2.61. The number of amides is 2. The Labute approximate surface area is 168 Å². The standard InChI is InChI=1S/C21H24N4O4/c1-23-15-7-12-29-19(15)13-17(23)21(27)22-14-20(26)25-10-8-24(9-11-25)16-5-3-4-6-18(16)28-2/h3-7,12-13H,8-11,14H2,1-2H3,(H,22,27). The lowest BCUT2D eigenvalue weighted by Gasteiger charge is -2.36. The minimum absolute atomic E-state index is 0.0277. The van der Waals surface area contributed by atoms with Crippen LogP contribution >= 0.6 is 0 Å². The van der Waals surface area contributed by atoms with Gasteiger partial charge in [-0.05, 0) is 12.1 Å². The maximum absolute atomic E-state index is 12.5. The first kappa shape index (κ1) is 18.9. The van der Waals surface area contributed by atoms with Gasteiger partial charge in [-0.3, -0.25) is 9.59 Å². The van der Waals surface area contributed by atoms with E-state index in [9.17, 15) is 9.59 Å². The van der Waals surface area contributed by atoms with Crippen molar-refractivity contribution in [1.29, 1.82) is 0 Å². The van der Waals surface area contributed by atoms with Gasteiger partial charge in [0, 0.05) is 45.4 Å². The smallest absolute Gasteiger partial charge is 0.268 e. The van der Waals surface area contributed by atoms with Crippen molar-refractivity contribution in [1.82, 2.24) is 14.8 Å². The molecular weight excluding hydrogens is 372 g/mol. The van der Waals surface area contributed by atoms with Crippen molar-refractivity contribution in [3.63, 3.8) is 0 Å². The predicted octanol–water partition coefficient (Wildman–Crippen LogP) is 1.86. The summed E-state index contributed by atoms with van der Waals surface area (Å²) in [5.74, 6) is 0.448. The number of ether oxygens (including phenoxy) is 1. The molecule has 1 N–H and O–H groups in total. The first-order chi connectivity index (χ1) is 14.1. The largest absolute Gasteiger partial charge is 0.495 e. The molecule has 2 amide bonds. The number of carbonyl (C=O) groups is 2. The Hall–Kier alpha value is -3.42. The summed E-state index contributed by atoms with van der Waals surface area (Å²) in [6, 6.07) is 11.4. The van der Waals surface area contributed by atoms with E-state index in [4.69, 9.17) is 9.15 Å². The number of para-hydroxylation sites is 2. The summed E-state index contributed by atoms with van der Waals surface area (Å²) < 4.78 is 12.5. The summed E-state index contributed by atoms with van der Waals surface area (Å²) in [7, 11) is 3.46. The molecule has 8 nitrogen and oxygen atoms in total. The maximum Gasteiger partial charge on any atom is 0.268 e. The maximum atomic E-state index is 12.5. The highest BCUT2D eigenvalue weighted by Gasteiger charge is 2.23. The fourth-order valence-electron chi connectivity index (χ4n) is 3.71. The Kier molecular flexibility index (Phi) is 5.16. The van der Waals surface area contributed by atoms with Gasteiger partial charge in [0.05, 0.1) is 31.1 Å². The van der Waals surface area contributed by atoms with E-state index in [1.807, 2.05) is 24.3 Å². The zero-order valence-corrected chi connectivity index (χ0v) is 16.6. The molecule has 8 heteroatoms. The molecule has 1 aliphatic heterocycles. The van der Waals surface area contributed by atoms with Gasteiger partial charge in [0.25, 0.3) is 5.91 Å². The van der Waals surface area contributed by atoms with E-state index in [-0.39, 0.29) is 18.4 Å². The third-order valence-corrected chi connectivity index (χ3v) is 5.35. The second-order valence-corrected chi connectivity index (χ2v) is 6.98. The van der Waals surface area contributed by atoms with Crippen molar-refractivity contribution in [3.8, 4) is 5.75 Å². The van der Waals surface area contributed by atoms with Gasteiger partial charge in [-0.15, -0.1) is 0 Å². The molecule has 3 aromatic rings. The molecule has 1 fully saturated rings. The Morgan fingerprint density at radius 3 is 2.62 bits per heavy atom. The number of anilines is 1. The topological polar surface area (TPSA) is 80.0 Å². The summed E-state index contributed by atoms with van der Waals surface area (Å²) in [5.41, 5.74) is 2.99. The first-order valence-corrected chi connectivity index (χ1v) is 9.55. The molecule has 0 aliphatic carbocycles. The molecule has 0 atom stereocenters. The van der Waals surface area contributed by atoms with Gasteiger partial charge in [-0.2, -0.15) is 0 Å². The van der Waals surface area contributed by atoms with E-state index in [0.29, 0.717) is 37.5 Å². The van der Waals surface area contributed by atoms with Crippen LogP contribution in [0.1, 0.15) is 10.5 Å². The number of hydrogen-bond acceptors (Lipinski definition) is 5. The molecule has 3 heterocycles. The predicted molar refractivity (Wildman–Crippen MR) is 109 cm³/mol. The van der Waals surface area contributed by atoms with Crippen molar-refractivity contribution < 1.29 is 18.7 Å². The Morgan fingerprint density at radius 2 is 1.90 bits per heavy atom. The van der Waals surface area contributed by atoms with Gasteiger partial charge in [-0.25, -0.2) is 0 Å². The number of methoxy groups -OCH3 is 1. The number of furan rings is 1. The van der Waals surface area contributed by atoms with Gasteiger partial charge in [-0.1, -0.05) is 12.1 Å². The van der Waals surface area contributed by atoms with Crippen molar-refractivity contribution in [2.24, 2.45) is 7.05 Å². The molecule has 0 saturated carbocycles. The van der Waals surface area contributed by atoms with Gasteiger partial charge in [0.1, 0.15) is 11.4 Å². The summed E-state index contributed by atoms with van der Waals surface area (Å²) >= 11 is 0. The highest BCUT2D eigenvalue weighted by Crippen LogP contribution is 2.28. The fourth-order valence-corrected chi connectivity index (χ4v) is 3.71. The molecule has 0 bridgehead atoms. The molecule has 4 rings (SSSR count). The molecule has 0 spiro atoms. The SMILES string of the molecule is COc1ccccc1N1CCN(C(=O)CNC(=O)c2cc3occc3n2C)CC1. The number of aryl methyl sites for hydroxylation is 1. The average molecular weight is 396 g/mol. The van der Waals surface area contributed by atoms with Crippen LogP contribution in [0.2, 0.25) is 0 Å². The van der Waals surface area contributed by atoms with Crippen LogP contribution in [0.3, 0.4) is 0 Å². The van der Waals surface area contributed by atoms with Crippen LogP contribution in [0.5, 0.6) is 5.75 Å². The molecule has 1 aromatic carbocycles. The Bertz CT molecular complexity index is 1030. The second-order valence-electron chi connectivity index (χ2n) is 6.98. The van der Waals surface area contributed by atoms with Gasteiger partial charge < -0.3 is 28.8 Å². The third-order valence-electron chi connectivity index (χ3n) is 5.35. The number of hydrogen-bond donors (Lipinski definition) is 1. The minimum Gasteiger partial charge on any atom is -0.495 e. The van der Waals surface area contributed by atoms with E-state index >= 15 is 0 Å². The lowest BCUT2D eigenvalue weighted by Crippen LogP contribution is -2.51. The monoisotopic (exact) mass is 396 g/mol. The first-order valence-electron chi connectivity index (χ1n) is 9.55. The number of fused-ring (bicyclic) bond motifs is 1. The molecule has 29 heavy (non-hydrogen) atoms.